The fourth-order valence-electron chi connectivity index (χ4n) is 2.36. The zero-order valence-electron chi connectivity index (χ0n) is 9.85. The summed E-state index contributed by atoms with van der Waals surface area (Å²) in [6.45, 7) is 2.04. The Hall–Kier alpha value is -2.08. The Morgan fingerprint density at radius 1 is 0.824 bits per heavy atom. The Labute approximate surface area is 101 Å². The van der Waals surface area contributed by atoms with Gasteiger partial charge < -0.3 is 0 Å². The monoisotopic (exact) mass is 218 g/mol. The summed E-state index contributed by atoms with van der Waals surface area (Å²) in [6, 6.07) is 17.4. The largest absolute Gasteiger partial charge is 0.0876 e. The minimum atomic E-state index is 1.28. The van der Waals surface area contributed by atoms with Crippen molar-refractivity contribution < 1.29 is 0 Å². The molecular weight excluding hydrogens is 204 g/mol. The number of benzene rings is 3. The molecule has 0 aliphatic carbocycles. The Morgan fingerprint density at radius 3 is 2.29 bits per heavy atom. The molecule has 0 atom stereocenters. The molecule has 0 fully saturated rings. The van der Waals surface area contributed by atoms with E-state index < -0.39 is 0 Å². The van der Waals surface area contributed by atoms with Crippen molar-refractivity contribution in [3.8, 4) is 0 Å². The summed E-state index contributed by atoms with van der Waals surface area (Å²) in [6.07, 6.45) is 6.31. The number of hydrogen-bond donors (Lipinski definition) is 0. The van der Waals surface area contributed by atoms with E-state index in [4.69, 9.17) is 0 Å². The average molecular weight is 218 g/mol. The van der Waals surface area contributed by atoms with Gasteiger partial charge in [0.15, 0.2) is 0 Å². The van der Waals surface area contributed by atoms with Crippen molar-refractivity contribution in [1.29, 1.82) is 0 Å². The minimum absolute atomic E-state index is 1.28. The molecule has 0 saturated carbocycles. The first-order valence-electron chi connectivity index (χ1n) is 5.93. The van der Waals surface area contributed by atoms with Crippen LogP contribution < -0.4 is 5.22 Å². The average Bonchev–Trinajstić information content (AvgIpc) is 2.39. The highest BCUT2D eigenvalue weighted by atomic mass is 14.0. The summed E-state index contributed by atoms with van der Waals surface area (Å²) < 4.78 is 0. The van der Waals surface area contributed by atoms with Crippen LogP contribution in [0.3, 0.4) is 0 Å². The van der Waals surface area contributed by atoms with Crippen LogP contribution in [0.2, 0.25) is 0 Å². The molecule has 0 radical (unpaired) electrons. The van der Waals surface area contributed by atoms with E-state index in [2.05, 4.69) is 66.8 Å². The van der Waals surface area contributed by atoms with E-state index in [1.807, 2.05) is 6.92 Å². The fraction of sp³-hybridized carbons (Fsp3) is 0.0588. The molecule has 3 aromatic rings. The van der Waals surface area contributed by atoms with Gasteiger partial charge >= 0.3 is 0 Å². The molecule has 17 heavy (non-hydrogen) atoms. The molecule has 82 valence electrons. The lowest BCUT2D eigenvalue weighted by Crippen LogP contribution is -2.00. The van der Waals surface area contributed by atoms with Gasteiger partial charge in [-0.1, -0.05) is 66.8 Å². The topological polar surface area (TPSA) is 0 Å². The van der Waals surface area contributed by atoms with Gasteiger partial charge in [-0.25, -0.2) is 0 Å². The first kappa shape index (κ1) is 10.1. The lowest BCUT2D eigenvalue weighted by atomic mass is 9.99. The molecule has 0 aliphatic rings. The highest BCUT2D eigenvalue weighted by Crippen LogP contribution is 2.23. The van der Waals surface area contributed by atoms with Crippen molar-refractivity contribution in [2.75, 3.05) is 0 Å². The van der Waals surface area contributed by atoms with Crippen molar-refractivity contribution in [1.82, 2.24) is 0 Å². The molecule has 0 aromatic heterocycles. The Balaban J connectivity index is 2.53. The van der Waals surface area contributed by atoms with E-state index in [-0.39, 0.29) is 0 Å². The second-order valence-corrected chi connectivity index (χ2v) is 4.23. The maximum atomic E-state index is 2.20. The van der Waals surface area contributed by atoms with Gasteiger partial charge in [0, 0.05) is 0 Å². The predicted octanol–water partition coefficient (Wildman–Crippen LogP) is 4.07. The fourth-order valence-corrected chi connectivity index (χ4v) is 2.36. The van der Waals surface area contributed by atoms with Gasteiger partial charge in [0.1, 0.15) is 0 Å². The molecule has 0 spiro atoms. The van der Waals surface area contributed by atoms with E-state index in [0.29, 0.717) is 0 Å². The molecule has 0 nitrogen and oxygen atoms in total. The third kappa shape index (κ3) is 1.62. The van der Waals surface area contributed by atoms with Gasteiger partial charge in [0.25, 0.3) is 0 Å². The van der Waals surface area contributed by atoms with Gasteiger partial charge in [-0.05, 0) is 33.7 Å². The summed E-state index contributed by atoms with van der Waals surface area (Å²) >= 11 is 0. The maximum Gasteiger partial charge on any atom is -0.00328 e. The smallest absolute Gasteiger partial charge is 0.00328 e. The van der Waals surface area contributed by atoms with Crippen LogP contribution >= 0.6 is 0 Å². The summed E-state index contributed by atoms with van der Waals surface area (Å²) in [5, 5.41) is 6.62. The molecule has 0 heteroatoms. The second-order valence-electron chi connectivity index (χ2n) is 4.23. The number of allylic oxidation sites excluding steroid dienone is 2. The third-order valence-electron chi connectivity index (χ3n) is 3.16. The van der Waals surface area contributed by atoms with Crippen LogP contribution in [0.25, 0.3) is 27.6 Å². The predicted molar refractivity (Wildman–Crippen MR) is 76.0 cm³/mol. The Morgan fingerprint density at radius 2 is 1.53 bits per heavy atom. The molecule has 3 aromatic carbocycles. The second kappa shape index (κ2) is 4.06. The maximum absolute atomic E-state index is 2.20. The van der Waals surface area contributed by atoms with Gasteiger partial charge in [0.2, 0.25) is 0 Å². The van der Waals surface area contributed by atoms with Crippen molar-refractivity contribution in [2.45, 2.75) is 6.92 Å². The van der Waals surface area contributed by atoms with Crippen LogP contribution in [0.15, 0.2) is 60.7 Å². The molecule has 0 N–H and O–H groups in total. The summed E-state index contributed by atoms with van der Waals surface area (Å²) in [5.41, 5.74) is 0. The van der Waals surface area contributed by atoms with Crippen LogP contribution in [0.5, 0.6) is 0 Å². The number of rotatable bonds is 1. The van der Waals surface area contributed by atoms with E-state index >= 15 is 0 Å². The van der Waals surface area contributed by atoms with Crippen molar-refractivity contribution in [2.24, 2.45) is 0 Å². The van der Waals surface area contributed by atoms with Gasteiger partial charge in [-0.15, -0.1) is 0 Å². The SMILES string of the molecule is C/C=C/C=c1/ccc2cccc3cccc1c32. The van der Waals surface area contributed by atoms with E-state index in [9.17, 15) is 0 Å². The highest BCUT2D eigenvalue weighted by Gasteiger charge is 2.01. The van der Waals surface area contributed by atoms with Gasteiger partial charge in [-0.3, -0.25) is 0 Å². The first-order valence-corrected chi connectivity index (χ1v) is 5.93. The standard InChI is InChI=1S/C17H14/c1-2-3-6-13-11-12-15-8-4-7-14-9-5-10-16(13)17(14)15/h2-12H,1H3/b3-2+,13-6-. The lowest BCUT2D eigenvalue weighted by molar-refractivity contribution is 1.69. The van der Waals surface area contributed by atoms with Crippen LogP contribution in [0.1, 0.15) is 6.92 Å². The third-order valence-corrected chi connectivity index (χ3v) is 3.16. The lowest BCUT2D eigenvalue weighted by Gasteiger charge is -2.05. The molecule has 0 unspecified atom stereocenters. The quantitative estimate of drug-likeness (QED) is 0.577. The summed E-state index contributed by atoms with van der Waals surface area (Å²) in [4.78, 5) is 0. The van der Waals surface area contributed by atoms with Crippen molar-refractivity contribution in [3.05, 3.63) is 65.9 Å². The summed E-state index contributed by atoms with van der Waals surface area (Å²) in [7, 11) is 0. The molecule has 0 amide bonds. The summed E-state index contributed by atoms with van der Waals surface area (Å²) in [5.74, 6) is 0. The van der Waals surface area contributed by atoms with E-state index in [1.54, 1.807) is 0 Å². The molecule has 0 bridgehead atoms. The number of hydrogen-bond acceptors (Lipinski definition) is 0. The van der Waals surface area contributed by atoms with E-state index in [0.717, 1.165) is 0 Å². The van der Waals surface area contributed by atoms with Gasteiger partial charge in [-0.2, -0.15) is 0 Å². The zero-order valence-corrected chi connectivity index (χ0v) is 9.85. The van der Waals surface area contributed by atoms with Crippen LogP contribution in [0, 0.1) is 0 Å². The van der Waals surface area contributed by atoms with Crippen LogP contribution in [0.4, 0.5) is 0 Å². The van der Waals surface area contributed by atoms with E-state index in [1.165, 1.54) is 26.8 Å². The normalized spacial score (nSPS) is 13.1. The molecular formula is C17H14. The Kier molecular flexibility index (Phi) is 2.41. The molecule has 0 aliphatic heterocycles. The molecule has 3 rings (SSSR count). The molecule has 0 heterocycles. The Bertz CT molecular complexity index is 725. The first-order chi connectivity index (χ1) is 8.40. The van der Waals surface area contributed by atoms with Gasteiger partial charge in [0.05, 0.1) is 0 Å². The highest BCUT2D eigenvalue weighted by molar-refractivity contribution is 6.10. The van der Waals surface area contributed by atoms with Crippen LogP contribution in [-0.4, -0.2) is 0 Å². The molecule has 0 saturated heterocycles. The zero-order chi connectivity index (χ0) is 11.7. The van der Waals surface area contributed by atoms with Crippen molar-refractivity contribution >= 4 is 27.6 Å². The minimum Gasteiger partial charge on any atom is -0.0876 e. The van der Waals surface area contributed by atoms with Crippen LogP contribution in [-0.2, 0) is 0 Å². The van der Waals surface area contributed by atoms with Crippen molar-refractivity contribution in [3.63, 3.8) is 0 Å².